The van der Waals surface area contributed by atoms with Gasteiger partial charge < -0.3 is 33.8 Å². The van der Waals surface area contributed by atoms with Crippen molar-refractivity contribution in [1.82, 2.24) is 5.32 Å². The van der Waals surface area contributed by atoms with Crippen LogP contribution in [0.4, 0.5) is 5.69 Å². The Kier molecular flexibility index (Phi) is 7.71. The van der Waals surface area contributed by atoms with Gasteiger partial charge in [-0.1, -0.05) is 13.8 Å². The van der Waals surface area contributed by atoms with Gasteiger partial charge >= 0.3 is 0 Å². The molecule has 0 heterocycles. The maximum Gasteiger partial charge on any atom is 0.251 e. The Balaban J connectivity index is 0.00000324. The van der Waals surface area contributed by atoms with Crippen LogP contribution in [0, 0.1) is 0 Å². The van der Waals surface area contributed by atoms with E-state index < -0.39 is 0 Å². The van der Waals surface area contributed by atoms with Crippen molar-refractivity contribution in [3.63, 3.8) is 0 Å². The van der Waals surface area contributed by atoms with E-state index in [4.69, 9.17) is 5.73 Å². The Morgan fingerprint density at radius 2 is 1.79 bits per heavy atom. The second-order valence-corrected chi connectivity index (χ2v) is 4.84. The van der Waals surface area contributed by atoms with Crippen LogP contribution >= 0.6 is 0 Å². The third kappa shape index (κ3) is 5.61. The average molecular weight is 330 g/mol. The number of nitrogens with one attached hydrogen (secondary N) is 1. The minimum atomic E-state index is -0.0513. The van der Waals surface area contributed by atoms with E-state index in [9.17, 15) is 4.79 Å². The molecule has 19 heavy (non-hydrogen) atoms. The van der Waals surface area contributed by atoms with E-state index in [1.165, 1.54) is 0 Å². The van der Waals surface area contributed by atoms with Crippen LogP contribution in [0.25, 0.3) is 0 Å². The summed E-state index contributed by atoms with van der Waals surface area (Å²) in [5.74, 6) is -0.0513. The fourth-order valence-electron chi connectivity index (χ4n) is 1.78. The van der Waals surface area contributed by atoms with Crippen molar-refractivity contribution >= 4 is 11.6 Å². The maximum atomic E-state index is 11.8. The Hall–Kier alpha value is -1.07. The second-order valence-electron chi connectivity index (χ2n) is 4.84. The molecule has 4 nitrogen and oxygen atoms in total. The molecule has 0 unspecified atom stereocenters. The number of nitrogens with two attached hydrogens (primary N) is 1. The molecule has 1 aromatic rings. The van der Waals surface area contributed by atoms with E-state index in [1.54, 1.807) is 24.3 Å². The zero-order chi connectivity index (χ0) is 13.6. The molecule has 0 radical (unpaired) electrons. The van der Waals surface area contributed by atoms with Crippen LogP contribution in [-0.4, -0.2) is 18.0 Å². The highest BCUT2D eigenvalue weighted by atomic mass is 79.9. The summed E-state index contributed by atoms with van der Waals surface area (Å²) >= 11 is 0. The van der Waals surface area contributed by atoms with Crippen LogP contribution in [-0.2, 0) is 0 Å². The molecule has 0 aliphatic carbocycles. The number of carbonyl (C=O) groups is 1. The summed E-state index contributed by atoms with van der Waals surface area (Å²) in [7, 11) is 0. The zero-order valence-electron chi connectivity index (χ0n) is 11.7. The topological polar surface area (TPSA) is 82.8 Å². The molecule has 6 N–H and O–H groups in total. The van der Waals surface area contributed by atoms with Crippen LogP contribution in [0.5, 0.6) is 0 Å². The smallest absolute Gasteiger partial charge is 0.251 e. The monoisotopic (exact) mass is 329 g/mol. The van der Waals surface area contributed by atoms with Crippen LogP contribution in [0.2, 0.25) is 0 Å². The minimum absolute atomic E-state index is 0. The number of halogens is 1. The van der Waals surface area contributed by atoms with E-state index in [2.05, 4.69) is 24.9 Å². The van der Waals surface area contributed by atoms with E-state index >= 15 is 0 Å². The van der Waals surface area contributed by atoms with Crippen LogP contribution in [0.3, 0.4) is 0 Å². The van der Waals surface area contributed by atoms with Gasteiger partial charge in [0.05, 0.1) is 5.54 Å². The molecule has 1 aromatic carbocycles. The van der Waals surface area contributed by atoms with Gasteiger partial charge in [0, 0.05) is 24.2 Å². The fourth-order valence-corrected chi connectivity index (χ4v) is 1.78. The molecule has 1 rings (SSSR count). The van der Waals surface area contributed by atoms with Gasteiger partial charge in [0.15, 0.2) is 0 Å². The summed E-state index contributed by atoms with van der Waals surface area (Å²) in [6.07, 6.45) is 2.96. The number of amides is 1. The molecular weight excluding hydrogens is 306 g/mol. The van der Waals surface area contributed by atoms with Gasteiger partial charge in [-0.25, -0.2) is 0 Å². The standard InChI is InChI=1S/C14H23N3O.BrH/c1-3-14(16,4-2)9-10-17-13(18)11-5-7-12(15)8-6-11;/h5-8H,3-4,9-10,15-16H2,1-2H3,(H,17,18);1H. The first-order chi connectivity index (χ1) is 8.50. The van der Waals surface area contributed by atoms with Crippen molar-refractivity contribution in [2.24, 2.45) is 0 Å². The molecule has 0 fully saturated rings. The minimum Gasteiger partial charge on any atom is -1.00 e. The molecular formula is C14H24BrN3O. The second kappa shape index (κ2) is 8.17. The van der Waals surface area contributed by atoms with E-state index in [-0.39, 0.29) is 28.4 Å². The summed E-state index contributed by atoms with van der Waals surface area (Å²) in [4.78, 5) is 11.8. The Morgan fingerprint density at radius 1 is 1.26 bits per heavy atom. The van der Waals surface area contributed by atoms with Gasteiger partial charge in [-0.3, -0.25) is 4.79 Å². The highest BCUT2D eigenvalue weighted by Crippen LogP contribution is 2.12. The Morgan fingerprint density at radius 3 is 2.26 bits per heavy atom. The largest absolute Gasteiger partial charge is 1.00 e. The molecule has 0 spiro atoms. The summed E-state index contributed by atoms with van der Waals surface area (Å²) in [6.45, 7) is 4.94. The predicted molar refractivity (Wildman–Crippen MR) is 74.0 cm³/mol. The fraction of sp³-hybridized carbons (Fsp3) is 0.500. The van der Waals surface area contributed by atoms with Gasteiger partial charge in [0.25, 0.3) is 5.91 Å². The lowest BCUT2D eigenvalue weighted by atomic mass is 9.90. The highest BCUT2D eigenvalue weighted by Gasteiger charge is 2.24. The number of hydrogen-bond donors (Lipinski definition) is 3. The zero-order valence-corrected chi connectivity index (χ0v) is 13.3. The molecule has 5 heteroatoms. The SMILES string of the molecule is CCC([NH3+])(CC)CCNC(=O)c1ccc(N)cc1.[Br-]. The molecule has 108 valence electrons. The third-order valence-corrected chi connectivity index (χ3v) is 3.61. The maximum absolute atomic E-state index is 11.8. The molecule has 0 saturated carbocycles. The summed E-state index contributed by atoms with van der Waals surface area (Å²) in [6, 6.07) is 6.95. The lowest BCUT2D eigenvalue weighted by molar-refractivity contribution is -0.481. The van der Waals surface area contributed by atoms with Gasteiger partial charge in [0.2, 0.25) is 0 Å². The van der Waals surface area contributed by atoms with Crippen LogP contribution < -0.4 is 33.8 Å². The van der Waals surface area contributed by atoms with Gasteiger partial charge in [-0.2, -0.15) is 0 Å². The van der Waals surface area contributed by atoms with Gasteiger partial charge in [-0.05, 0) is 37.1 Å². The third-order valence-electron chi connectivity index (χ3n) is 3.61. The first kappa shape index (κ1) is 17.9. The van der Waals surface area contributed by atoms with E-state index in [0.717, 1.165) is 19.3 Å². The number of carbonyl (C=O) groups excluding carboxylic acids is 1. The Bertz CT molecular complexity index is 388. The van der Waals surface area contributed by atoms with E-state index in [1.807, 2.05) is 0 Å². The van der Waals surface area contributed by atoms with Crippen molar-refractivity contribution in [2.45, 2.75) is 38.6 Å². The summed E-state index contributed by atoms with van der Waals surface area (Å²) < 4.78 is 0. The van der Waals surface area contributed by atoms with Crippen LogP contribution in [0.15, 0.2) is 24.3 Å². The van der Waals surface area contributed by atoms with Crippen molar-refractivity contribution in [3.8, 4) is 0 Å². The summed E-state index contributed by atoms with van der Waals surface area (Å²) in [5, 5.41) is 2.92. The van der Waals surface area contributed by atoms with Crippen molar-refractivity contribution < 1.29 is 27.5 Å². The number of rotatable bonds is 6. The number of anilines is 1. The van der Waals surface area contributed by atoms with E-state index in [0.29, 0.717) is 17.8 Å². The number of nitrogen functional groups attached to an aromatic ring is 1. The molecule has 1 amide bonds. The van der Waals surface area contributed by atoms with Crippen molar-refractivity contribution in [2.75, 3.05) is 12.3 Å². The van der Waals surface area contributed by atoms with Crippen LogP contribution in [0.1, 0.15) is 43.5 Å². The quantitative estimate of drug-likeness (QED) is 0.538. The molecule has 0 aromatic heterocycles. The van der Waals surface area contributed by atoms with Crippen molar-refractivity contribution in [3.05, 3.63) is 29.8 Å². The molecule has 0 atom stereocenters. The molecule has 0 saturated heterocycles. The Labute approximate surface area is 125 Å². The molecule has 0 bridgehead atoms. The predicted octanol–water partition coefficient (Wildman–Crippen LogP) is -1.81. The number of hydrogen-bond acceptors (Lipinski definition) is 2. The summed E-state index contributed by atoms with van der Waals surface area (Å²) in [5.41, 5.74) is 11.2. The first-order valence-electron chi connectivity index (χ1n) is 6.50. The molecule has 0 aliphatic rings. The normalized spacial score (nSPS) is 10.7. The number of quaternary nitrogens is 1. The lowest BCUT2D eigenvalue weighted by Gasteiger charge is -2.22. The first-order valence-corrected chi connectivity index (χ1v) is 6.50. The average Bonchev–Trinajstić information content (AvgIpc) is 2.39. The number of benzene rings is 1. The van der Waals surface area contributed by atoms with Crippen molar-refractivity contribution in [1.29, 1.82) is 0 Å². The highest BCUT2D eigenvalue weighted by molar-refractivity contribution is 5.94. The lowest BCUT2D eigenvalue weighted by Crippen LogP contribution is -3.00. The molecule has 0 aliphatic heterocycles. The van der Waals surface area contributed by atoms with Gasteiger partial charge in [0.1, 0.15) is 0 Å². The van der Waals surface area contributed by atoms with Gasteiger partial charge in [-0.15, -0.1) is 0 Å².